The van der Waals surface area contributed by atoms with E-state index in [1.165, 1.54) is 24.3 Å². The van der Waals surface area contributed by atoms with Gasteiger partial charge in [0.25, 0.3) is 0 Å². The molecule has 6 nitrogen and oxygen atoms in total. The summed E-state index contributed by atoms with van der Waals surface area (Å²) in [6.45, 7) is -0.464. The number of hydrogen-bond donors (Lipinski definition) is 2. The fourth-order valence-corrected chi connectivity index (χ4v) is 3.51. The molecule has 4 rings (SSSR count). The third-order valence-corrected chi connectivity index (χ3v) is 5.02. The average molecular weight is 510 g/mol. The highest BCUT2D eigenvalue weighted by Crippen LogP contribution is 2.34. The number of aromatic amines is 1. The van der Waals surface area contributed by atoms with Gasteiger partial charge in [-0.25, -0.2) is 4.98 Å². The first-order chi connectivity index (χ1) is 16.9. The molecule has 0 radical (unpaired) electrons. The van der Waals surface area contributed by atoms with Gasteiger partial charge in [0.2, 0.25) is 0 Å². The number of nitrogens with one attached hydrogen (secondary N) is 1. The number of alkyl halides is 6. The highest BCUT2D eigenvalue weighted by Gasteiger charge is 2.36. The van der Waals surface area contributed by atoms with Crippen LogP contribution in [-0.4, -0.2) is 27.4 Å². The van der Waals surface area contributed by atoms with E-state index >= 15 is 0 Å². The Balaban J connectivity index is 1.54. The van der Waals surface area contributed by atoms with Crippen molar-refractivity contribution in [1.29, 1.82) is 0 Å². The van der Waals surface area contributed by atoms with Gasteiger partial charge in [-0.3, -0.25) is 4.79 Å². The topological polar surface area (TPSA) is 84.4 Å². The molecular weight excluding hydrogens is 494 g/mol. The van der Waals surface area contributed by atoms with Crippen molar-refractivity contribution in [2.24, 2.45) is 0 Å². The number of ether oxygens (including phenoxy) is 2. The van der Waals surface area contributed by atoms with Crippen molar-refractivity contribution in [3.8, 4) is 22.8 Å². The molecule has 0 saturated carbocycles. The quantitative estimate of drug-likeness (QED) is 0.283. The number of hydrogen-bond acceptors (Lipinski definition) is 4. The first-order valence-electron chi connectivity index (χ1n) is 10.3. The Morgan fingerprint density at radius 3 is 2.25 bits per heavy atom. The lowest BCUT2D eigenvalue weighted by Gasteiger charge is -2.15. The maximum Gasteiger partial charge on any atom is 0.573 e. The van der Waals surface area contributed by atoms with Gasteiger partial charge in [-0.15, -0.1) is 13.2 Å². The number of carboxylic acid groups (broad SMARTS) is 1. The number of carbonyl (C=O) groups is 1. The van der Waals surface area contributed by atoms with E-state index in [9.17, 15) is 31.1 Å². The van der Waals surface area contributed by atoms with Gasteiger partial charge in [0.1, 0.15) is 18.1 Å². The number of H-pyrrole nitrogens is 1. The molecule has 2 aromatic heterocycles. The van der Waals surface area contributed by atoms with Crippen molar-refractivity contribution in [2.75, 3.05) is 0 Å². The van der Waals surface area contributed by atoms with Gasteiger partial charge >= 0.3 is 18.5 Å². The van der Waals surface area contributed by atoms with Gasteiger partial charge < -0.3 is 19.6 Å². The minimum Gasteiger partial charge on any atom is -0.489 e. The maximum absolute atomic E-state index is 13.7. The van der Waals surface area contributed by atoms with E-state index in [4.69, 9.17) is 9.84 Å². The Kier molecular flexibility index (Phi) is 6.53. The Hall–Kier alpha value is -4.22. The molecule has 4 aromatic rings. The molecule has 36 heavy (non-hydrogen) atoms. The first-order valence-corrected chi connectivity index (χ1v) is 10.3. The number of halogens is 6. The molecular formula is C24H16F6N2O4. The zero-order chi connectivity index (χ0) is 26.1. The molecule has 12 heteroatoms. The van der Waals surface area contributed by atoms with E-state index in [0.29, 0.717) is 16.6 Å². The Morgan fingerprint density at radius 2 is 1.61 bits per heavy atom. The Morgan fingerprint density at radius 1 is 0.917 bits per heavy atom. The first kappa shape index (κ1) is 24.9. The summed E-state index contributed by atoms with van der Waals surface area (Å²) < 4.78 is 87.4. The summed E-state index contributed by atoms with van der Waals surface area (Å²) in [6.07, 6.45) is -9.92. The van der Waals surface area contributed by atoms with Crippen LogP contribution in [0.5, 0.6) is 11.5 Å². The third-order valence-electron chi connectivity index (χ3n) is 5.02. The fraction of sp³-hybridized carbons (Fsp3) is 0.167. The number of aliphatic carboxylic acids is 1. The molecule has 0 aliphatic carbocycles. The number of rotatable bonds is 7. The summed E-state index contributed by atoms with van der Waals surface area (Å²) in [5, 5.41) is 9.62. The zero-order valence-corrected chi connectivity index (χ0v) is 18.1. The van der Waals surface area contributed by atoms with Crippen LogP contribution in [-0.2, 0) is 24.0 Å². The summed E-state index contributed by atoms with van der Waals surface area (Å²) in [5.74, 6) is -1.27. The maximum atomic E-state index is 13.7. The molecule has 0 saturated heterocycles. The van der Waals surface area contributed by atoms with Crippen LogP contribution < -0.4 is 9.47 Å². The number of aromatic nitrogens is 2. The van der Waals surface area contributed by atoms with Crippen LogP contribution in [0.3, 0.4) is 0 Å². The normalized spacial score (nSPS) is 12.1. The van der Waals surface area contributed by atoms with Crippen LogP contribution in [0.4, 0.5) is 26.3 Å². The predicted octanol–water partition coefficient (Wildman–Crippen LogP) is 6.35. The lowest BCUT2D eigenvalue weighted by atomic mass is 10.1. The van der Waals surface area contributed by atoms with E-state index in [1.807, 2.05) is 0 Å². The Labute approximate surface area is 199 Å². The van der Waals surface area contributed by atoms with Crippen molar-refractivity contribution in [3.63, 3.8) is 0 Å². The molecule has 2 N–H and O–H groups in total. The lowest BCUT2D eigenvalue weighted by molar-refractivity contribution is -0.274. The second-order valence-corrected chi connectivity index (χ2v) is 7.68. The number of carboxylic acids is 1. The smallest absolute Gasteiger partial charge is 0.489 e. The molecule has 0 unspecified atom stereocenters. The molecule has 188 valence electrons. The van der Waals surface area contributed by atoms with Gasteiger partial charge in [0, 0.05) is 28.4 Å². The van der Waals surface area contributed by atoms with Crippen LogP contribution in [0.2, 0.25) is 0 Å². The third kappa shape index (κ3) is 6.06. The monoisotopic (exact) mass is 510 g/mol. The highest BCUT2D eigenvalue weighted by molar-refractivity contribution is 5.83. The minimum atomic E-state index is -4.89. The molecule has 0 bridgehead atoms. The Bertz CT molecular complexity index is 1390. The molecule has 2 aromatic carbocycles. The SMILES string of the molecule is O=C(O)Cc1cc2ccc(OCc3ccc(-c4ccc(OC(F)(F)F)cc4)nc3C(F)(F)F)cc2[nH]1. The summed E-state index contributed by atoms with van der Waals surface area (Å²) in [4.78, 5) is 17.5. The summed E-state index contributed by atoms with van der Waals surface area (Å²) in [5.41, 5.74) is -0.347. The largest absolute Gasteiger partial charge is 0.573 e. The van der Waals surface area contributed by atoms with E-state index in [2.05, 4.69) is 14.7 Å². The van der Waals surface area contributed by atoms with Crippen molar-refractivity contribution < 1.29 is 45.7 Å². The van der Waals surface area contributed by atoms with E-state index in [1.54, 1.807) is 24.3 Å². The van der Waals surface area contributed by atoms with Crippen LogP contribution >= 0.6 is 0 Å². The standard InChI is InChI=1S/C24H16F6N2O4/c25-23(26,27)22-15(4-8-19(32-22)13-1-5-17(6-2-13)36-24(28,29)30)12-35-18-7-3-14-9-16(10-21(33)34)31-20(14)11-18/h1-9,11,31H,10,12H2,(H,33,34). The van der Waals surface area contributed by atoms with Crippen molar-refractivity contribution >= 4 is 16.9 Å². The second-order valence-electron chi connectivity index (χ2n) is 7.68. The number of benzene rings is 2. The van der Waals surface area contributed by atoms with E-state index in [0.717, 1.165) is 12.1 Å². The van der Waals surface area contributed by atoms with Gasteiger partial charge in [-0.1, -0.05) is 6.07 Å². The summed E-state index contributed by atoms with van der Waals surface area (Å²) in [7, 11) is 0. The highest BCUT2D eigenvalue weighted by atomic mass is 19.4. The van der Waals surface area contributed by atoms with Crippen LogP contribution in [0, 0.1) is 0 Å². The molecule has 0 aliphatic heterocycles. The summed E-state index contributed by atoms with van der Waals surface area (Å²) in [6, 6.07) is 13.2. The molecule has 0 fully saturated rings. The van der Waals surface area contributed by atoms with E-state index in [-0.39, 0.29) is 29.0 Å². The lowest BCUT2D eigenvalue weighted by Crippen LogP contribution is -2.17. The van der Waals surface area contributed by atoms with Crippen molar-refractivity contribution in [2.45, 2.75) is 25.6 Å². The average Bonchev–Trinajstić information content (AvgIpc) is 3.17. The predicted molar refractivity (Wildman–Crippen MR) is 115 cm³/mol. The molecule has 0 amide bonds. The van der Waals surface area contributed by atoms with Crippen molar-refractivity contribution in [1.82, 2.24) is 9.97 Å². The number of fused-ring (bicyclic) bond motifs is 1. The van der Waals surface area contributed by atoms with Gasteiger partial charge in [0.15, 0.2) is 5.69 Å². The van der Waals surface area contributed by atoms with Crippen LogP contribution in [0.15, 0.2) is 60.7 Å². The second kappa shape index (κ2) is 9.44. The zero-order valence-electron chi connectivity index (χ0n) is 18.1. The minimum absolute atomic E-state index is 0.0941. The molecule has 2 heterocycles. The number of nitrogens with zero attached hydrogens (tertiary/aromatic N) is 1. The molecule has 0 spiro atoms. The molecule has 0 aliphatic rings. The van der Waals surface area contributed by atoms with Gasteiger partial charge in [-0.2, -0.15) is 13.2 Å². The van der Waals surface area contributed by atoms with Crippen molar-refractivity contribution in [3.05, 3.63) is 77.6 Å². The fourth-order valence-electron chi connectivity index (χ4n) is 3.51. The summed E-state index contributed by atoms with van der Waals surface area (Å²) >= 11 is 0. The van der Waals surface area contributed by atoms with Crippen LogP contribution in [0.1, 0.15) is 17.0 Å². The van der Waals surface area contributed by atoms with Crippen LogP contribution in [0.25, 0.3) is 22.2 Å². The van der Waals surface area contributed by atoms with Gasteiger partial charge in [0.05, 0.1) is 12.1 Å². The van der Waals surface area contributed by atoms with E-state index < -0.39 is 36.6 Å². The van der Waals surface area contributed by atoms with Gasteiger partial charge in [-0.05, 0) is 53.9 Å². The molecule has 0 atom stereocenters. The number of pyridine rings is 1.